The average Bonchev–Trinajstić information content (AvgIpc) is 2.76. The fraction of sp³-hybridized carbons (Fsp3) is 0.208. The van der Waals surface area contributed by atoms with Gasteiger partial charge in [-0.3, -0.25) is 9.52 Å². The van der Waals surface area contributed by atoms with Crippen LogP contribution in [0.2, 0.25) is 10.0 Å². The van der Waals surface area contributed by atoms with E-state index in [1.165, 1.54) is 42.5 Å². The van der Waals surface area contributed by atoms with Crippen LogP contribution >= 0.6 is 23.2 Å². The summed E-state index contributed by atoms with van der Waals surface area (Å²) in [6, 6.07) is 16.0. The molecule has 6 nitrogen and oxygen atoms in total. The minimum atomic E-state index is -3.88. The molecule has 1 unspecified atom stereocenters. The molecule has 9 heteroatoms. The van der Waals surface area contributed by atoms with Crippen LogP contribution in [-0.4, -0.2) is 20.4 Å². The molecule has 3 aromatic rings. The molecule has 0 aliphatic carbocycles. The Hall–Kier alpha value is -2.74. The summed E-state index contributed by atoms with van der Waals surface area (Å²) in [6.07, 6.45) is -0.221. The van der Waals surface area contributed by atoms with Crippen molar-refractivity contribution in [3.8, 4) is 5.75 Å². The number of aryl methyl sites for hydroxylation is 2. The Morgan fingerprint density at radius 2 is 1.67 bits per heavy atom. The number of rotatable bonds is 8. The molecule has 0 spiro atoms. The molecule has 0 radical (unpaired) electrons. The molecule has 33 heavy (non-hydrogen) atoms. The van der Waals surface area contributed by atoms with Crippen molar-refractivity contribution >= 4 is 50.5 Å². The van der Waals surface area contributed by atoms with Crippen LogP contribution in [0.25, 0.3) is 0 Å². The number of carbonyl (C=O) groups excluding carboxylic acids is 1. The molecule has 0 aliphatic heterocycles. The lowest BCUT2D eigenvalue weighted by Crippen LogP contribution is -2.32. The van der Waals surface area contributed by atoms with Crippen LogP contribution in [0.3, 0.4) is 0 Å². The highest BCUT2D eigenvalue weighted by molar-refractivity contribution is 7.92. The normalized spacial score (nSPS) is 12.2. The molecule has 0 bridgehead atoms. The fourth-order valence-corrected chi connectivity index (χ4v) is 4.58. The molecule has 2 N–H and O–H groups in total. The van der Waals surface area contributed by atoms with E-state index in [1.54, 1.807) is 0 Å². The van der Waals surface area contributed by atoms with Gasteiger partial charge in [-0.1, -0.05) is 36.2 Å². The SMILES string of the molecule is CCC(Oc1ccc(C)c(C)c1)C(=O)Nc1ccc(S(=O)(=O)Nc2ccc(Cl)cc2Cl)cc1. The molecule has 0 saturated heterocycles. The largest absolute Gasteiger partial charge is 0.481 e. The zero-order chi connectivity index (χ0) is 24.2. The molecule has 3 rings (SSSR count). The van der Waals surface area contributed by atoms with Gasteiger partial charge in [0, 0.05) is 10.7 Å². The summed E-state index contributed by atoms with van der Waals surface area (Å²) < 4.78 is 33.6. The van der Waals surface area contributed by atoms with E-state index in [0.717, 1.165) is 11.1 Å². The van der Waals surface area contributed by atoms with Crippen molar-refractivity contribution < 1.29 is 17.9 Å². The first-order chi connectivity index (χ1) is 15.6. The molecular weight excluding hydrogens is 483 g/mol. The maximum absolute atomic E-state index is 12.7. The number of sulfonamides is 1. The predicted molar refractivity (Wildman–Crippen MR) is 133 cm³/mol. The highest BCUT2D eigenvalue weighted by atomic mass is 35.5. The number of anilines is 2. The van der Waals surface area contributed by atoms with Crippen LogP contribution in [0.5, 0.6) is 5.75 Å². The molecule has 0 aromatic heterocycles. The molecular formula is C24H24Cl2N2O4S. The second-order valence-electron chi connectivity index (χ2n) is 7.50. The second-order valence-corrected chi connectivity index (χ2v) is 10.0. The summed E-state index contributed by atoms with van der Waals surface area (Å²) in [5, 5.41) is 3.35. The van der Waals surface area contributed by atoms with Crippen LogP contribution in [0.15, 0.2) is 65.6 Å². The smallest absolute Gasteiger partial charge is 0.265 e. The summed E-state index contributed by atoms with van der Waals surface area (Å²) in [5.74, 6) is 0.297. The maximum atomic E-state index is 12.7. The standard InChI is InChI=1S/C24H24Cl2N2O4S/c1-4-23(32-19-9-5-15(2)16(3)13-19)24(29)27-18-7-10-20(11-8-18)33(30,31)28-22-12-6-17(25)14-21(22)26/h5-14,23,28H,4H2,1-3H3,(H,27,29). The van der Waals surface area contributed by atoms with E-state index in [2.05, 4.69) is 10.0 Å². The van der Waals surface area contributed by atoms with E-state index < -0.39 is 16.1 Å². The van der Waals surface area contributed by atoms with Gasteiger partial charge in [0.2, 0.25) is 0 Å². The minimum Gasteiger partial charge on any atom is -0.481 e. The summed E-state index contributed by atoms with van der Waals surface area (Å²) in [6.45, 7) is 5.84. The molecule has 0 heterocycles. The van der Waals surface area contributed by atoms with Crippen molar-refractivity contribution in [1.82, 2.24) is 0 Å². The number of carbonyl (C=O) groups is 1. The molecule has 0 aliphatic rings. The number of benzene rings is 3. The van der Waals surface area contributed by atoms with Gasteiger partial charge in [-0.15, -0.1) is 0 Å². The Labute approximate surface area is 203 Å². The molecule has 1 amide bonds. The number of hydrogen-bond acceptors (Lipinski definition) is 4. The molecule has 3 aromatic carbocycles. The van der Waals surface area contributed by atoms with E-state index >= 15 is 0 Å². The first kappa shape index (κ1) is 24.9. The third kappa shape index (κ3) is 6.41. The predicted octanol–water partition coefficient (Wildman–Crippen LogP) is 6.21. The lowest BCUT2D eigenvalue weighted by atomic mass is 10.1. The number of hydrogen-bond donors (Lipinski definition) is 2. The zero-order valence-electron chi connectivity index (χ0n) is 18.4. The van der Waals surface area contributed by atoms with Crippen LogP contribution in [0.4, 0.5) is 11.4 Å². The van der Waals surface area contributed by atoms with Gasteiger partial charge >= 0.3 is 0 Å². The third-order valence-electron chi connectivity index (χ3n) is 5.03. The van der Waals surface area contributed by atoms with E-state index in [9.17, 15) is 13.2 Å². The fourth-order valence-electron chi connectivity index (χ4n) is 2.99. The first-order valence-corrected chi connectivity index (χ1v) is 12.5. The van der Waals surface area contributed by atoms with Crippen LogP contribution in [0, 0.1) is 13.8 Å². The minimum absolute atomic E-state index is 0.0185. The summed E-state index contributed by atoms with van der Waals surface area (Å²) in [5.41, 5.74) is 2.88. The number of halogens is 2. The maximum Gasteiger partial charge on any atom is 0.265 e. The van der Waals surface area contributed by atoms with Gasteiger partial charge in [0.05, 0.1) is 15.6 Å². The molecule has 1 atom stereocenters. The molecule has 0 fully saturated rings. The Morgan fingerprint density at radius 3 is 2.27 bits per heavy atom. The Kier molecular flexibility index (Phi) is 7.89. The number of amides is 1. The summed E-state index contributed by atoms with van der Waals surface area (Å²) >= 11 is 11.9. The number of ether oxygens (including phenoxy) is 1. The second kappa shape index (κ2) is 10.5. The highest BCUT2D eigenvalue weighted by Gasteiger charge is 2.20. The van der Waals surface area contributed by atoms with Gasteiger partial charge in [0.25, 0.3) is 15.9 Å². The summed E-state index contributed by atoms with van der Waals surface area (Å²) in [7, 11) is -3.88. The average molecular weight is 507 g/mol. The van der Waals surface area contributed by atoms with Crippen molar-refractivity contribution in [1.29, 1.82) is 0 Å². The Bertz CT molecular complexity index is 1260. The summed E-state index contributed by atoms with van der Waals surface area (Å²) in [4.78, 5) is 12.7. The van der Waals surface area contributed by atoms with Gasteiger partial charge in [0.15, 0.2) is 6.10 Å². The Balaban J connectivity index is 1.68. The lowest BCUT2D eigenvalue weighted by molar-refractivity contribution is -0.122. The van der Waals surface area contributed by atoms with Gasteiger partial charge in [-0.2, -0.15) is 0 Å². The molecule has 174 valence electrons. The zero-order valence-corrected chi connectivity index (χ0v) is 20.7. The Morgan fingerprint density at radius 1 is 0.970 bits per heavy atom. The van der Waals surface area contributed by atoms with Crippen molar-refractivity contribution in [3.05, 3.63) is 81.8 Å². The van der Waals surface area contributed by atoms with Crippen molar-refractivity contribution in [2.24, 2.45) is 0 Å². The van der Waals surface area contributed by atoms with Gasteiger partial charge in [-0.25, -0.2) is 8.42 Å². The topological polar surface area (TPSA) is 84.5 Å². The third-order valence-corrected chi connectivity index (χ3v) is 6.96. The number of nitrogens with one attached hydrogen (secondary N) is 2. The lowest BCUT2D eigenvalue weighted by Gasteiger charge is -2.18. The van der Waals surface area contributed by atoms with E-state index in [0.29, 0.717) is 22.9 Å². The highest BCUT2D eigenvalue weighted by Crippen LogP contribution is 2.28. The van der Waals surface area contributed by atoms with Crippen molar-refractivity contribution in [2.45, 2.75) is 38.2 Å². The molecule has 0 saturated carbocycles. The van der Waals surface area contributed by atoms with Gasteiger partial charge < -0.3 is 10.1 Å². The van der Waals surface area contributed by atoms with Crippen molar-refractivity contribution in [3.63, 3.8) is 0 Å². The van der Waals surface area contributed by atoms with Crippen LogP contribution in [-0.2, 0) is 14.8 Å². The monoisotopic (exact) mass is 506 g/mol. The van der Waals surface area contributed by atoms with Gasteiger partial charge in [0.1, 0.15) is 5.75 Å². The van der Waals surface area contributed by atoms with E-state index in [1.807, 2.05) is 39.0 Å². The van der Waals surface area contributed by atoms with Crippen LogP contribution < -0.4 is 14.8 Å². The van der Waals surface area contributed by atoms with Crippen LogP contribution in [0.1, 0.15) is 24.5 Å². The van der Waals surface area contributed by atoms with E-state index in [-0.39, 0.29) is 21.5 Å². The quantitative estimate of drug-likeness (QED) is 0.380. The van der Waals surface area contributed by atoms with Gasteiger partial charge in [-0.05, 0) is 86.0 Å². The van der Waals surface area contributed by atoms with E-state index in [4.69, 9.17) is 27.9 Å². The van der Waals surface area contributed by atoms with Crippen molar-refractivity contribution in [2.75, 3.05) is 10.0 Å². The first-order valence-electron chi connectivity index (χ1n) is 10.2.